The first-order valence-electron chi connectivity index (χ1n) is 11.1. The Labute approximate surface area is 208 Å². The van der Waals surface area contributed by atoms with Crippen LogP contribution in [0.2, 0.25) is 0 Å². The Hall–Kier alpha value is -4.46. The van der Waals surface area contributed by atoms with Gasteiger partial charge in [-0.05, 0) is 46.6 Å². The van der Waals surface area contributed by atoms with Gasteiger partial charge in [-0.15, -0.1) is 0 Å². The molecule has 0 aliphatic heterocycles. The van der Waals surface area contributed by atoms with E-state index in [1.165, 1.54) is 12.5 Å². The normalized spacial score (nSPS) is 11.8. The highest BCUT2D eigenvalue weighted by molar-refractivity contribution is 7.92. The molecule has 0 saturated heterocycles. The van der Waals surface area contributed by atoms with Crippen LogP contribution in [0.15, 0.2) is 47.5 Å². The van der Waals surface area contributed by atoms with Crippen LogP contribution in [0.4, 0.5) is 20.3 Å². The van der Waals surface area contributed by atoms with Crippen LogP contribution >= 0.6 is 0 Å². The van der Waals surface area contributed by atoms with Gasteiger partial charge in [0.2, 0.25) is 15.8 Å². The Morgan fingerprint density at radius 3 is 2.73 bits per heavy atom. The first-order valence-corrected chi connectivity index (χ1v) is 12.7. The van der Waals surface area contributed by atoms with Gasteiger partial charge in [-0.3, -0.25) is 9.52 Å². The molecule has 0 unspecified atom stereocenters. The molecule has 190 valence electrons. The van der Waals surface area contributed by atoms with Gasteiger partial charge in [0.15, 0.2) is 5.82 Å². The van der Waals surface area contributed by atoms with E-state index in [2.05, 4.69) is 35.3 Å². The number of rotatable bonds is 9. The molecular formula is C23H19F2N7O4S. The molecule has 0 saturated carbocycles. The lowest BCUT2D eigenvalue weighted by Gasteiger charge is -2.12. The van der Waals surface area contributed by atoms with E-state index in [1.54, 1.807) is 25.1 Å². The number of nitrogens with zero attached hydrogens (tertiary/aromatic N) is 4. The van der Waals surface area contributed by atoms with E-state index in [0.29, 0.717) is 17.5 Å². The first kappa shape index (κ1) is 24.2. The monoisotopic (exact) mass is 527 g/mol. The molecule has 0 bridgehead atoms. The highest BCUT2D eigenvalue weighted by Crippen LogP contribution is 2.30. The molecule has 0 atom stereocenters. The molecular weight excluding hydrogens is 508 g/mol. The maximum Gasteiger partial charge on any atom is 0.232 e. The maximum absolute atomic E-state index is 15.3. The molecule has 3 N–H and O–H groups in total. The van der Waals surface area contributed by atoms with Crippen molar-refractivity contribution in [2.24, 2.45) is 0 Å². The number of anilines is 2. The number of carbonyl (C=O) groups is 1. The van der Waals surface area contributed by atoms with Crippen LogP contribution in [0, 0.1) is 11.6 Å². The van der Waals surface area contributed by atoms with E-state index >= 15 is 4.39 Å². The third kappa shape index (κ3) is 4.70. The standard InChI is InChI=1S/C23H19F2N7O4S/c1-2-7-37(34,35)32-16-6-4-14(24)19(20(16)25)21(33)13-10-27-23-18(13)22(28-11-29-23)26-9-12-3-5-15-17(8-12)31-36-30-15/h3-6,8,10-11,32H,2,7,9H2,1H3,(H2,26,27,28,29). The van der Waals surface area contributed by atoms with Crippen molar-refractivity contribution in [1.29, 1.82) is 0 Å². The van der Waals surface area contributed by atoms with Gasteiger partial charge in [-0.1, -0.05) is 13.0 Å². The molecule has 0 aliphatic carbocycles. The van der Waals surface area contributed by atoms with E-state index in [0.717, 1.165) is 17.7 Å². The zero-order valence-electron chi connectivity index (χ0n) is 19.2. The number of fused-ring (bicyclic) bond motifs is 2. The van der Waals surface area contributed by atoms with Crippen LogP contribution < -0.4 is 10.0 Å². The number of benzene rings is 2. The second-order valence-corrected chi connectivity index (χ2v) is 9.96. The summed E-state index contributed by atoms with van der Waals surface area (Å²) in [5.74, 6) is -3.49. The Kier molecular flexibility index (Phi) is 6.25. The summed E-state index contributed by atoms with van der Waals surface area (Å²) in [5.41, 5.74) is 0.697. The number of halogens is 2. The number of aromatic amines is 1. The zero-order chi connectivity index (χ0) is 26.2. The van der Waals surface area contributed by atoms with Gasteiger partial charge in [0.05, 0.1) is 28.0 Å². The number of aromatic nitrogens is 5. The smallest absolute Gasteiger partial charge is 0.232 e. The lowest BCUT2D eigenvalue weighted by atomic mass is 10.0. The number of hydrogen-bond donors (Lipinski definition) is 3. The lowest BCUT2D eigenvalue weighted by molar-refractivity contribution is 0.103. The van der Waals surface area contributed by atoms with Crippen LogP contribution in [-0.4, -0.2) is 45.2 Å². The SMILES string of the molecule is CCCS(=O)(=O)Nc1ccc(F)c(C(=O)c2c[nH]c3ncnc(NCc4ccc5nonc5c4)c23)c1F. The summed E-state index contributed by atoms with van der Waals surface area (Å²) in [6.45, 7) is 1.91. The number of H-pyrrole nitrogens is 1. The van der Waals surface area contributed by atoms with Crippen molar-refractivity contribution in [1.82, 2.24) is 25.3 Å². The fourth-order valence-electron chi connectivity index (χ4n) is 3.86. The number of carbonyl (C=O) groups excluding carboxylic acids is 1. The van der Waals surface area contributed by atoms with Crippen LogP contribution in [-0.2, 0) is 16.6 Å². The third-order valence-electron chi connectivity index (χ3n) is 5.55. The minimum Gasteiger partial charge on any atom is -0.365 e. The molecule has 5 rings (SSSR count). The average molecular weight is 528 g/mol. The van der Waals surface area contributed by atoms with Gasteiger partial charge in [0.1, 0.15) is 34.6 Å². The summed E-state index contributed by atoms with van der Waals surface area (Å²) in [6.07, 6.45) is 2.83. The van der Waals surface area contributed by atoms with Crippen molar-refractivity contribution < 1.29 is 26.6 Å². The second-order valence-electron chi connectivity index (χ2n) is 8.12. The summed E-state index contributed by atoms with van der Waals surface area (Å²) in [5, 5.41) is 10.9. The summed E-state index contributed by atoms with van der Waals surface area (Å²) in [6, 6.07) is 7.06. The summed E-state index contributed by atoms with van der Waals surface area (Å²) in [7, 11) is -3.88. The molecule has 0 radical (unpaired) electrons. The van der Waals surface area contributed by atoms with Gasteiger partial charge < -0.3 is 10.3 Å². The van der Waals surface area contributed by atoms with Crippen LogP contribution in [0.5, 0.6) is 0 Å². The zero-order valence-corrected chi connectivity index (χ0v) is 20.1. The Morgan fingerprint density at radius 1 is 1.11 bits per heavy atom. The second kappa shape index (κ2) is 9.54. The maximum atomic E-state index is 15.3. The molecule has 11 nitrogen and oxygen atoms in total. The summed E-state index contributed by atoms with van der Waals surface area (Å²) < 4.78 is 61.0. The number of ketones is 1. The highest BCUT2D eigenvalue weighted by atomic mass is 32.2. The van der Waals surface area contributed by atoms with Crippen LogP contribution in [0.1, 0.15) is 34.8 Å². The van der Waals surface area contributed by atoms with Crippen molar-refractivity contribution in [2.45, 2.75) is 19.9 Å². The molecule has 3 aromatic heterocycles. The first-order chi connectivity index (χ1) is 17.8. The van der Waals surface area contributed by atoms with Crippen LogP contribution in [0.3, 0.4) is 0 Å². The highest BCUT2D eigenvalue weighted by Gasteiger charge is 2.27. The molecule has 5 aromatic rings. The van der Waals surface area contributed by atoms with Gasteiger partial charge in [0.25, 0.3) is 0 Å². The van der Waals surface area contributed by atoms with Gasteiger partial charge in [-0.25, -0.2) is 31.8 Å². The van der Waals surface area contributed by atoms with E-state index in [9.17, 15) is 17.6 Å². The van der Waals surface area contributed by atoms with Gasteiger partial charge in [-0.2, -0.15) is 0 Å². The number of nitrogens with one attached hydrogen (secondary N) is 3. The summed E-state index contributed by atoms with van der Waals surface area (Å²) in [4.78, 5) is 24.5. The van der Waals surface area contributed by atoms with Crippen molar-refractivity contribution in [3.63, 3.8) is 0 Å². The minimum absolute atomic E-state index is 0.0966. The molecule has 0 fully saturated rings. The van der Waals surface area contributed by atoms with Gasteiger partial charge in [0, 0.05) is 12.7 Å². The fourth-order valence-corrected chi connectivity index (χ4v) is 4.99. The van der Waals surface area contributed by atoms with Gasteiger partial charge >= 0.3 is 0 Å². The predicted octanol–water partition coefficient (Wildman–Crippen LogP) is 3.77. The summed E-state index contributed by atoms with van der Waals surface area (Å²) >= 11 is 0. The molecule has 0 spiro atoms. The van der Waals surface area contributed by atoms with Crippen molar-refractivity contribution >= 4 is 49.4 Å². The third-order valence-corrected chi connectivity index (χ3v) is 7.03. The topological polar surface area (TPSA) is 156 Å². The molecule has 37 heavy (non-hydrogen) atoms. The van der Waals surface area contributed by atoms with Crippen molar-refractivity contribution in [2.75, 3.05) is 15.8 Å². The van der Waals surface area contributed by atoms with E-state index in [1.807, 2.05) is 0 Å². The Balaban J connectivity index is 1.49. The minimum atomic E-state index is -3.88. The Morgan fingerprint density at radius 2 is 1.92 bits per heavy atom. The fraction of sp³-hybridized carbons (Fsp3) is 0.174. The number of hydrogen-bond acceptors (Lipinski definition) is 9. The quantitative estimate of drug-likeness (QED) is 0.243. The average Bonchev–Trinajstić information content (AvgIpc) is 3.51. The van der Waals surface area contributed by atoms with E-state index in [-0.39, 0.29) is 34.7 Å². The van der Waals surface area contributed by atoms with E-state index in [4.69, 9.17) is 4.63 Å². The predicted molar refractivity (Wildman–Crippen MR) is 131 cm³/mol. The Bertz CT molecular complexity index is 1750. The molecule has 3 heterocycles. The molecule has 0 amide bonds. The molecule has 2 aromatic carbocycles. The van der Waals surface area contributed by atoms with Crippen molar-refractivity contribution in [3.8, 4) is 0 Å². The molecule has 0 aliphatic rings. The largest absolute Gasteiger partial charge is 0.365 e. The van der Waals surface area contributed by atoms with Crippen molar-refractivity contribution in [3.05, 3.63) is 71.2 Å². The van der Waals surface area contributed by atoms with E-state index < -0.39 is 38.7 Å². The molecule has 14 heteroatoms. The lowest BCUT2D eigenvalue weighted by Crippen LogP contribution is -2.18. The number of sulfonamides is 1. The van der Waals surface area contributed by atoms with Crippen LogP contribution in [0.25, 0.3) is 22.1 Å².